The summed E-state index contributed by atoms with van der Waals surface area (Å²) >= 11 is 6.23. The molecular weight excluding hydrogens is 468 g/mol. The van der Waals surface area contributed by atoms with Crippen LogP contribution >= 0.6 is 11.6 Å². The molecule has 0 radical (unpaired) electrons. The van der Waals surface area contributed by atoms with Gasteiger partial charge in [0.2, 0.25) is 0 Å². The Morgan fingerprint density at radius 3 is 2.43 bits per heavy atom. The van der Waals surface area contributed by atoms with Crippen molar-refractivity contribution in [2.45, 2.75) is 37.1 Å². The highest BCUT2D eigenvalue weighted by Crippen LogP contribution is 2.42. The van der Waals surface area contributed by atoms with Gasteiger partial charge in [-0.05, 0) is 49.4 Å². The average Bonchev–Trinajstić information content (AvgIpc) is 2.89. The van der Waals surface area contributed by atoms with Gasteiger partial charge in [-0.25, -0.2) is 4.68 Å². The lowest BCUT2D eigenvalue weighted by Gasteiger charge is -2.40. The molecule has 35 heavy (non-hydrogen) atoms. The number of rotatable bonds is 5. The van der Waals surface area contributed by atoms with Crippen molar-refractivity contribution in [1.82, 2.24) is 15.1 Å². The largest absolute Gasteiger partial charge is 0.483 e. The fourth-order valence-electron chi connectivity index (χ4n) is 4.64. The van der Waals surface area contributed by atoms with Crippen LogP contribution in [0.3, 0.4) is 0 Å². The molecule has 0 saturated heterocycles. The number of carbonyl (C=O) groups is 2. The average molecular weight is 497 g/mol. The zero-order chi connectivity index (χ0) is 25.4. The van der Waals surface area contributed by atoms with Crippen LogP contribution in [0, 0.1) is 0 Å². The van der Waals surface area contributed by atoms with Crippen LogP contribution in [0.15, 0.2) is 65.5 Å². The first-order valence-corrected chi connectivity index (χ1v) is 11.7. The summed E-state index contributed by atoms with van der Waals surface area (Å²) in [6.07, 6.45) is 3.10. The third-order valence-corrected chi connectivity index (χ3v) is 6.80. The third-order valence-electron chi connectivity index (χ3n) is 6.56. The number of benzene rings is 2. The normalized spacial score (nSPS) is 19.2. The van der Waals surface area contributed by atoms with Crippen molar-refractivity contribution in [3.05, 3.63) is 87.2 Å². The third kappa shape index (κ3) is 5.78. The first kappa shape index (κ1) is 26.1. The predicted octanol–water partition coefficient (Wildman–Crippen LogP) is 3.64. The molecule has 1 amide bonds. The van der Waals surface area contributed by atoms with Gasteiger partial charge < -0.3 is 16.2 Å². The van der Waals surface area contributed by atoms with E-state index in [1.165, 1.54) is 11.7 Å². The molecule has 1 aromatic heterocycles. The first-order chi connectivity index (χ1) is 16.9. The van der Waals surface area contributed by atoms with E-state index in [0.29, 0.717) is 17.3 Å². The Kier molecular flexibility index (Phi) is 8.78. The predicted molar refractivity (Wildman–Crippen MR) is 136 cm³/mol. The number of carbonyl (C=O) groups excluding carboxylic acids is 1. The molecule has 1 aliphatic rings. The second-order valence-electron chi connectivity index (χ2n) is 8.47. The van der Waals surface area contributed by atoms with E-state index < -0.39 is 5.91 Å². The lowest BCUT2D eigenvalue weighted by Crippen LogP contribution is -2.42. The molecule has 4 rings (SSSR count). The number of aromatic nitrogens is 2. The first-order valence-electron chi connectivity index (χ1n) is 11.3. The maximum absolute atomic E-state index is 13.2. The van der Waals surface area contributed by atoms with Crippen LogP contribution < -0.4 is 16.6 Å². The summed E-state index contributed by atoms with van der Waals surface area (Å²) in [5.41, 5.74) is 8.40. The molecule has 184 valence electrons. The Balaban J connectivity index is 0.00000108. The van der Waals surface area contributed by atoms with Gasteiger partial charge in [0.1, 0.15) is 5.56 Å². The molecule has 1 saturated carbocycles. The van der Waals surface area contributed by atoms with Crippen molar-refractivity contribution in [3.63, 3.8) is 0 Å². The minimum atomic E-state index is -0.408. The Labute approximate surface area is 208 Å². The van der Waals surface area contributed by atoms with Crippen LogP contribution in [-0.2, 0) is 10.2 Å². The molecule has 8 nitrogen and oxygen atoms in total. The van der Waals surface area contributed by atoms with Crippen molar-refractivity contribution in [2.24, 2.45) is 5.73 Å². The second-order valence-corrected chi connectivity index (χ2v) is 8.91. The number of halogens is 1. The van der Waals surface area contributed by atoms with Gasteiger partial charge in [0, 0.05) is 29.6 Å². The van der Waals surface area contributed by atoms with E-state index in [1.54, 1.807) is 6.07 Å². The summed E-state index contributed by atoms with van der Waals surface area (Å²) in [5, 5.41) is 14.8. The highest BCUT2D eigenvalue weighted by Gasteiger charge is 2.37. The van der Waals surface area contributed by atoms with E-state index >= 15 is 0 Å². The van der Waals surface area contributed by atoms with Crippen molar-refractivity contribution in [3.8, 4) is 11.3 Å². The molecule has 1 heterocycles. The molecule has 1 fully saturated rings. The lowest BCUT2D eigenvalue weighted by molar-refractivity contribution is -0.122. The summed E-state index contributed by atoms with van der Waals surface area (Å²) in [4.78, 5) is 34.0. The standard InChI is InChI=1S/C25H27ClN4O2.CH2O2/c1-28-23(31)21-15-22(17-6-3-2-4-7-17)29-30(24(21)32)20-10-12-25(16-27,13-11-20)18-8-5-9-19(26)14-18;2-1-3/h2-9,14-15,20H,10-13,16,27H2,1H3,(H,28,31);1H,(H,2,3)/t20-,25+;. The van der Waals surface area contributed by atoms with Crippen LogP contribution in [0.25, 0.3) is 11.3 Å². The highest BCUT2D eigenvalue weighted by molar-refractivity contribution is 6.30. The van der Waals surface area contributed by atoms with Crippen molar-refractivity contribution < 1.29 is 14.7 Å². The Hall–Kier alpha value is -3.49. The van der Waals surface area contributed by atoms with E-state index in [4.69, 9.17) is 27.2 Å². The topological polar surface area (TPSA) is 127 Å². The number of hydrogen-bond donors (Lipinski definition) is 3. The second kappa shape index (κ2) is 11.8. The van der Waals surface area contributed by atoms with Gasteiger partial charge >= 0.3 is 0 Å². The maximum Gasteiger partial charge on any atom is 0.290 e. The van der Waals surface area contributed by atoms with Crippen molar-refractivity contribution in [2.75, 3.05) is 13.6 Å². The van der Waals surface area contributed by atoms with Crippen molar-refractivity contribution >= 4 is 24.0 Å². The Morgan fingerprint density at radius 1 is 1.20 bits per heavy atom. The van der Waals surface area contributed by atoms with Gasteiger partial charge in [-0.2, -0.15) is 5.10 Å². The number of nitrogens with two attached hydrogens (primary N) is 1. The number of amides is 1. The van der Waals surface area contributed by atoms with E-state index in [9.17, 15) is 9.59 Å². The van der Waals surface area contributed by atoms with Gasteiger partial charge in [-0.15, -0.1) is 0 Å². The highest BCUT2D eigenvalue weighted by atomic mass is 35.5. The minimum Gasteiger partial charge on any atom is -0.483 e. The summed E-state index contributed by atoms with van der Waals surface area (Å²) in [6.45, 7) is 0.260. The lowest BCUT2D eigenvalue weighted by atomic mass is 9.68. The molecule has 1 aliphatic carbocycles. The number of nitrogens with one attached hydrogen (secondary N) is 1. The minimum absolute atomic E-state index is 0.103. The van der Waals surface area contributed by atoms with Crippen LogP contribution in [0.2, 0.25) is 5.02 Å². The summed E-state index contributed by atoms with van der Waals surface area (Å²) in [5.74, 6) is -0.408. The molecule has 0 atom stereocenters. The van der Waals surface area contributed by atoms with Gasteiger partial charge in [0.25, 0.3) is 17.9 Å². The van der Waals surface area contributed by atoms with Crippen molar-refractivity contribution in [1.29, 1.82) is 0 Å². The van der Waals surface area contributed by atoms with Crippen LogP contribution in [-0.4, -0.2) is 40.9 Å². The SMILES string of the molecule is CNC(=O)c1cc(-c2ccccc2)nn([C@H]2CC[C@@](CN)(c3cccc(Cl)c3)CC2)c1=O.O=CO. The van der Waals surface area contributed by atoms with Crippen LogP contribution in [0.1, 0.15) is 47.6 Å². The van der Waals surface area contributed by atoms with E-state index in [1.807, 2.05) is 48.5 Å². The van der Waals surface area contributed by atoms with Crippen LogP contribution in [0.4, 0.5) is 0 Å². The zero-order valence-electron chi connectivity index (χ0n) is 19.5. The molecular formula is C26H29ClN4O4. The van der Waals surface area contributed by atoms with Gasteiger partial charge in [-0.3, -0.25) is 14.4 Å². The molecule has 0 aliphatic heterocycles. The fraction of sp³-hybridized carbons (Fsp3) is 0.308. The molecule has 2 aromatic carbocycles. The summed E-state index contributed by atoms with van der Waals surface area (Å²) in [7, 11) is 1.52. The van der Waals surface area contributed by atoms with Gasteiger partial charge in [0.15, 0.2) is 0 Å². The molecule has 4 N–H and O–H groups in total. The number of hydrogen-bond acceptors (Lipinski definition) is 5. The number of carboxylic acid groups (broad SMARTS) is 1. The molecule has 0 spiro atoms. The maximum atomic E-state index is 13.2. The van der Waals surface area contributed by atoms with E-state index in [2.05, 4.69) is 16.5 Å². The molecule has 3 aromatic rings. The molecule has 0 unspecified atom stereocenters. The van der Waals surface area contributed by atoms with Crippen LogP contribution in [0.5, 0.6) is 0 Å². The summed E-state index contributed by atoms with van der Waals surface area (Å²) < 4.78 is 1.51. The Morgan fingerprint density at radius 2 is 1.86 bits per heavy atom. The molecule has 0 bridgehead atoms. The van der Waals surface area contributed by atoms with Gasteiger partial charge in [0.05, 0.1) is 11.7 Å². The van der Waals surface area contributed by atoms with E-state index in [0.717, 1.165) is 36.8 Å². The smallest absolute Gasteiger partial charge is 0.290 e. The number of nitrogens with zero attached hydrogens (tertiary/aromatic N) is 2. The van der Waals surface area contributed by atoms with Gasteiger partial charge in [-0.1, -0.05) is 54.1 Å². The monoisotopic (exact) mass is 496 g/mol. The fourth-order valence-corrected chi connectivity index (χ4v) is 4.83. The van der Waals surface area contributed by atoms with E-state index in [-0.39, 0.29) is 29.1 Å². The Bertz CT molecular complexity index is 1220. The zero-order valence-corrected chi connectivity index (χ0v) is 20.2. The summed E-state index contributed by atoms with van der Waals surface area (Å²) in [6, 6.07) is 18.9. The quantitative estimate of drug-likeness (QED) is 0.463. The molecule has 9 heteroatoms.